The number of methoxy groups -OCH3 is 1. The van der Waals surface area contributed by atoms with Crippen LogP contribution in [0.15, 0.2) is 106 Å². The average molecular weight is 589 g/mol. The summed E-state index contributed by atoms with van der Waals surface area (Å²) in [6, 6.07) is 28.7. The second-order valence-corrected chi connectivity index (χ2v) is 11.7. The summed E-state index contributed by atoms with van der Waals surface area (Å²) >= 11 is 1.31. The number of fused-ring (bicyclic) bond motifs is 2. The van der Waals surface area contributed by atoms with E-state index in [1.54, 1.807) is 18.6 Å². The zero-order chi connectivity index (χ0) is 30.1. The molecule has 0 spiro atoms. The van der Waals surface area contributed by atoms with Gasteiger partial charge in [-0.25, -0.2) is 9.79 Å². The molecule has 216 valence electrons. The van der Waals surface area contributed by atoms with Crippen LogP contribution >= 0.6 is 11.3 Å². The Hall–Kier alpha value is -4.75. The van der Waals surface area contributed by atoms with Crippen LogP contribution in [-0.2, 0) is 9.53 Å². The quantitative estimate of drug-likeness (QED) is 0.212. The molecule has 43 heavy (non-hydrogen) atoms. The van der Waals surface area contributed by atoms with Crippen molar-refractivity contribution in [3.8, 4) is 5.75 Å². The largest absolute Gasteiger partial charge is 0.496 e. The molecule has 1 aromatic heterocycles. The molecule has 0 amide bonds. The zero-order valence-electron chi connectivity index (χ0n) is 24.5. The fourth-order valence-corrected chi connectivity index (χ4v) is 6.58. The standard InChI is InChI=1S/C36H32N2O4S/c1-5-42-35(40)31-32(26-12-7-6-8-13-26)37-36-38(33(31)30-27-14-10-9-11-25(27)19-20-28(30)41-4)34(39)29(43-36)21-23-15-17-24(18-16-23)22(2)3/h6-22,33H,5H2,1-4H3/b29-21-/t33-/m0/s1. The van der Waals surface area contributed by atoms with Crippen LogP contribution in [0, 0.1) is 0 Å². The molecule has 6 rings (SSSR count). The number of rotatable bonds is 7. The van der Waals surface area contributed by atoms with Gasteiger partial charge in [-0.2, -0.15) is 0 Å². The molecular weight excluding hydrogens is 556 g/mol. The van der Waals surface area contributed by atoms with Crippen LogP contribution in [0.2, 0.25) is 0 Å². The van der Waals surface area contributed by atoms with Gasteiger partial charge in [-0.05, 0) is 46.9 Å². The summed E-state index contributed by atoms with van der Waals surface area (Å²) in [5, 5.41) is 1.84. The van der Waals surface area contributed by atoms with Gasteiger partial charge < -0.3 is 9.47 Å². The highest BCUT2D eigenvalue weighted by atomic mass is 32.1. The van der Waals surface area contributed by atoms with Crippen LogP contribution in [0.3, 0.4) is 0 Å². The number of aromatic nitrogens is 1. The summed E-state index contributed by atoms with van der Waals surface area (Å²) in [5.41, 5.74) is 4.16. The number of hydrogen-bond acceptors (Lipinski definition) is 6. The van der Waals surface area contributed by atoms with E-state index >= 15 is 0 Å². The molecule has 0 bridgehead atoms. The molecule has 0 unspecified atom stereocenters. The van der Waals surface area contributed by atoms with Gasteiger partial charge in [0.25, 0.3) is 5.56 Å². The number of carbonyl (C=O) groups excluding carboxylic acids is 1. The first-order chi connectivity index (χ1) is 20.9. The van der Waals surface area contributed by atoms with Crippen molar-refractivity contribution >= 4 is 39.9 Å². The van der Waals surface area contributed by atoms with E-state index in [2.05, 4.69) is 26.0 Å². The predicted molar refractivity (Wildman–Crippen MR) is 172 cm³/mol. The van der Waals surface area contributed by atoms with Crippen molar-refractivity contribution in [3.05, 3.63) is 139 Å². The topological polar surface area (TPSA) is 69.9 Å². The van der Waals surface area contributed by atoms with Gasteiger partial charge in [0, 0.05) is 11.1 Å². The molecule has 5 aromatic rings. The van der Waals surface area contributed by atoms with Gasteiger partial charge in [0.2, 0.25) is 0 Å². The second kappa shape index (κ2) is 11.9. The van der Waals surface area contributed by atoms with Gasteiger partial charge in [-0.15, -0.1) is 0 Å². The van der Waals surface area contributed by atoms with E-state index in [1.807, 2.05) is 84.9 Å². The summed E-state index contributed by atoms with van der Waals surface area (Å²) in [4.78, 5) is 33.7. The summed E-state index contributed by atoms with van der Waals surface area (Å²) in [5.74, 6) is 0.454. The van der Waals surface area contributed by atoms with E-state index in [-0.39, 0.29) is 12.2 Å². The van der Waals surface area contributed by atoms with Crippen molar-refractivity contribution in [1.82, 2.24) is 4.57 Å². The Morgan fingerprint density at radius 2 is 1.70 bits per heavy atom. The fraction of sp³-hybridized carbons (Fsp3) is 0.194. The van der Waals surface area contributed by atoms with Crippen molar-refractivity contribution in [3.63, 3.8) is 0 Å². The van der Waals surface area contributed by atoms with Crippen molar-refractivity contribution in [1.29, 1.82) is 0 Å². The Morgan fingerprint density at radius 3 is 2.40 bits per heavy atom. The number of ether oxygens (including phenoxy) is 2. The molecule has 0 fully saturated rings. The van der Waals surface area contributed by atoms with E-state index in [4.69, 9.17) is 14.5 Å². The third-order valence-corrected chi connectivity index (χ3v) is 8.68. The predicted octanol–water partition coefficient (Wildman–Crippen LogP) is 6.22. The molecule has 0 saturated heterocycles. The fourth-order valence-electron chi connectivity index (χ4n) is 5.58. The van der Waals surface area contributed by atoms with Crippen molar-refractivity contribution in [2.24, 2.45) is 4.99 Å². The molecule has 0 aliphatic carbocycles. The molecule has 1 atom stereocenters. The first kappa shape index (κ1) is 28.4. The first-order valence-corrected chi connectivity index (χ1v) is 15.2. The lowest BCUT2D eigenvalue weighted by Crippen LogP contribution is -2.40. The number of nitrogens with zero attached hydrogens (tertiary/aromatic N) is 2. The van der Waals surface area contributed by atoms with Gasteiger partial charge in [0.05, 0.1) is 29.5 Å². The molecule has 4 aromatic carbocycles. The Balaban J connectivity index is 1.70. The normalized spacial score (nSPS) is 15.0. The molecule has 1 aliphatic heterocycles. The lowest BCUT2D eigenvalue weighted by Gasteiger charge is -2.28. The maximum Gasteiger partial charge on any atom is 0.338 e. The molecule has 0 saturated carbocycles. The summed E-state index contributed by atoms with van der Waals surface area (Å²) < 4.78 is 13.7. The van der Waals surface area contributed by atoms with Crippen LogP contribution in [-0.4, -0.2) is 24.3 Å². The zero-order valence-corrected chi connectivity index (χ0v) is 25.4. The molecule has 0 N–H and O–H groups in total. The average Bonchev–Trinajstić information content (AvgIpc) is 3.34. The smallest absolute Gasteiger partial charge is 0.338 e. The lowest BCUT2D eigenvalue weighted by atomic mass is 9.89. The van der Waals surface area contributed by atoms with Crippen molar-refractivity contribution in [2.75, 3.05) is 13.7 Å². The minimum Gasteiger partial charge on any atom is -0.496 e. The number of hydrogen-bond donors (Lipinski definition) is 0. The van der Waals surface area contributed by atoms with Crippen LogP contribution in [0.4, 0.5) is 0 Å². The minimum atomic E-state index is -0.836. The molecule has 6 nitrogen and oxygen atoms in total. The Morgan fingerprint density at radius 1 is 0.977 bits per heavy atom. The van der Waals surface area contributed by atoms with Gasteiger partial charge in [0.1, 0.15) is 11.8 Å². The van der Waals surface area contributed by atoms with Crippen molar-refractivity contribution < 1.29 is 14.3 Å². The highest BCUT2D eigenvalue weighted by molar-refractivity contribution is 7.07. The molecular formula is C36H32N2O4S. The third kappa shape index (κ3) is 5.21. The van der Waals surface area contributed by atoms with Crippen molar-refractivity contribution in [2.45, 2.75) is 32.7 Å². The van der Waals surface area contributed by atoms with Crippen LogP contribution < -0.4 is 19.6 Å². The molecule has 7 heteroatoms. The molecule has 0 radical (unpaired) electrons. The minimum absolute atomic E-state index is 0.181. The van der Waals surface area contributed by atoms with Crippen LogP contribution in [0.1, 0.15) is 55.0 Å². The van der Waals surface area contributed by atoms with Crippen LogP contribution in [0.5, 0.6) is 5.75 Å². The van der Waals surface area contributed by atoms with Gasteiger partial charge >= 0.3 is 5.97 Å². The highest BCUT2D eigenvalue weighted by Crippen LogP contribution is 2.42. The SMILES string of the molecule is CCOC(=O)C1=C(c2ccccc2)N=c2s/c(=C\c3ccc(C(C)C)cc3)c(=O)n2[C@H]1c1c(OC)ccc2ccccc12. The molecule has 2 heterocycles. The van der Waals surface area contributed by atoms with E-state index in [1.165, 1.54) is 16.9 Å². The number of esters is 1. The van der Waals surface area contributed by atoms with Gasteiger partial charge in [0.15, 0.2) is 4.80 Å². The van der Waals surface area contributed by atoms with E-state index in [9.17, 15) is 9.59 Å². The van der Waals surface area contributed by atoms with E-state index in [0.29, 0.717) is 37.8 Å². The Kier molecular flexibility index (Phi) is 7.82. The number of thiazole rings is 1. The summed E-state index contributed by atoms with van der Waals surface area (Å²) in [6.07, 6.45) is 1.89. The van der Waals surface area contributed by atoms with E-state index < -0.39 is 12.0 Å². The number of carbonyl (C=O) groups is 1. The first-order valence-electron chi connectivity index (χ1n) is 14.3. The van der Waals surface area contributed by atoms with E-state index in [0.717, 1.165) is 21.9 Å². The second-order valence-electron chi connectivity index (χ2n) is 10.7. The Labute approximate surface area is 253 Å². The molecule has 1 aliphatic rings. The summed E-state index contributed by atoms with van der Waals surface area (Å²) in [6.45, 7) is 6.26. The maximum absolute atomic E-state index is 14.3. The lowest BCUT2D eigenvalue weighted by molar-refractivity contribution is -0.138. The monoisotopic (exact) mass is 588 g/mol. The maximum atomic E-state index is 14.3. The van der Waals surface area contributed by atoms with Gasteiger partial charge in [-0.3, -0.25) is 9.36 Å². The highest BCUT2D eigenvalue weighted by Gasteiger charge is 2.37. The Bertz CT molecular complexity index is 2040. The number of benzene rings is 4. The third-order valence-electron chi connectivity index (χ3n) is 7.70. The summed E-state index contributed by atoms with van der Waals surface area (Å²) in [7, 11) is 1.60. The van der Waals surface area contributed by atoms with Crippen LogP contribution in [0.25, 0.3) is 22.5 Å². The van der Waals surface area contributed by atoms with Gasteiger partial charge in [-0.1, -0.05) is 110 Å².